The number of halogens is 2. The predicted octanol–water partition coefficient (Wildman–Crippen LogP) is 4.81. The maximum absolute atomic E-state index is 15.2. The molecule has 0 radical (unpaired) electrons. The number of hydrogen-bond donors (Lipinski definition) is 0. The van der Waals surface area contributed by atoms with Gasteiger partial charge in [-0.25, -0.2) is 23.2 Å². The smallest absolute Gasteiger partial charge is 0.356 e. The van der Waals surface area contributed by atoms with Gasteiger partial charge < -0.3 is 14.4 Å². The molecule has 1 aliphatic rings. The Hall–Kier alpha value is -3.07. The van der Waals surface area contributed by atoms with Crippen molar-refractivity contribution in [1.82, 2.24) is 14.8 Å². The number of aromatic nitrogens is 3. The molecule has 1 fully saturated rings. The molecule has 34 heavy (non-hydrogen) atoms. The number of alkyl halides is 1. The van der Waals surface area contributed by atoms with Gasteiger partial charge in [0, 0.05) is 32.5 Å². The van der Waals surface area contributed by atoms with Crippen LogP contribution in [-0.2, 0) is 9.47 Å². The van der Waals surface area contributed by atoms with Crippen LogP contribution in [0.1, 0.15) is 55.7 Å². The Bertz CT molecular complexity index is 1170. The fourth-order valence-corrected chi connectivity index (χ4v) is 4.33. The van der Waals surface area contributed by atoms with E-state index in [1.807, 2.05) is 20.8 Å². The molecule has 1 saturated heterocycles. The summed E-state index contributed by atoms with van der Waals surface area (Å²) in [6.07, 6.45) is 0.626. The summed E-state index contributed by atoms with van der Waals surface area (Å²) in [4.78, 5) is 19.1. The number of carbonyl (C=O) groups excluding carboxylic acids is 1. The minimum Gasteiger partial charge on any atom is -0.464 e. The van der Waals surface area contributed by atoms with Crippen LogP contribution in [0.3, 0.4) is 0 Å². The molecule has 0 unspecified atom stereocenters. The highest BCUT2D eigenvalue weighted by Gasteiger charge is 2.36. The van der Waals surface area contributed by atoms with Crippen molar-refractivity contribution in [2.24, 2.45) is 0 Å². The van der Waals surface area contributed by atoms with E-state index in [0.29, 0.717) is 43.9 Å². The lowest BCUT2D eigenvalue weighted by atomic mass is 9.93. The Morgan fingerprint density at radius 1 is 1.21 bits per heavy atom. The van der Waals surface area contributed by atoms with E-state index in [1.54, 1.807) is 22.9 Å². The highest BCUT2D eigenvalue weighted by Crippen LogP contribution is 2.38. The Balaban J connectivity index is 1.85. The van der Waals surface area contributed by atoms with Gasteiger partial charge in [-0.2, -0.15) is 5.10 Å². The van der Waals surface area contributed by atoms with E-state index in [9.17, 15) is 9.18 Å². The molecule has 2 aromatic heterocycles. The van der Waals surface area contributed by atoms with Crippen LogP contribution >= 0.6 is 0 Å². The third-order valence-corrected chi connectivity index (χ3v) is 6.22. The maximum atomic E-state index is 15.2. The largest absolute Gasteiger partial charge is 0.464 e. The zero-order chi connectivity index (χ0) is 24.5. The van der Waals surface area contributed by atoms with Crippen molar-refractivity contribution in [2.45, 2.75) is 45.2 Å². The Morgan fingerprint density at radius 2 is 1.88 bits per heavy atom. The van der Waals surface area contributed by atoms with E-state index < -0.39 is 11.6 Å². The van der Waals surface area contributed by atoms with Gasteiger partial charge in [0.05, 0.1) is 36.2 Å². The number of ether oxygens (including phenoxy) is 2. The van der Waals surface area contributed by atoms with Crippen LogP contribution in [0.5, 0.6) is 0 Å². The molecular formula is C25H30F2N4O3. The minimum absolute atomic E-state index is 0.0525. The third-order valence-electron chi connectivity index (χ3n) is 6.22. The Morgan fingerprint density at radius 3 is 2.47 bits per heavy atom. The molecule has 3 heterocycles. The molecular weight excluding hydrogens is 442 g/mol. The fraction of sp³-hybridized carbons (Fsp3) is 0.480. The highest BCUT2D eigenvalue weighted by molar-refractivity contribution is 5.99. The highest BCUT2D eigenvalue weighted by atomic mass is 19.1. The zero-order valence-electron chi connectivity index (χ0n) is 20.0. The average Bonchev–Trinajstić information content (AvgIpc) is 3.23. The Kier molecular flexibility index (Phi) is 6.84. The van der Waals surface area contributed by atoms with E-state index in [4.69, 9.17) is 14.6 Å². The van der Waals surface area contributed by atoms with E-state index >= 15 is 4.39 Å². The number of hydrogen-bond acceptors (Lipinski definition) is 6. The van der Waals surface area contributed by atoms with Crippen molar-refractivity contribution in [1.29, 1.82) is 0 Å². The van der Waals surface area contributed by atoms with Crippen molar-refractivity contribution in [3.8, 4) is 5.69 Å². The monoisotopic (exact) mass is 472 g/mol. The van der Waals surface area contributed by atoms with Crippen LogP contribution in [0.2, 0.25) is 0 Å². The van der Waals surface area contributed by atoms with Crippen LogP contribution in [0.15, 0.2) is 30.3 Å². The number of benzene rings is 1. The molecule has 9 heteroatoms. The summed E-state index contributed by atoms with van der Waals surface area (Å²) in [6, 6.07) is 7.64. The minimum atomic E-state index is -1.37. The molecule has 0 aliphatic carbocycles. The van der Waals surface area contributed by atoms with Crippen molar-refractivity contribution >= 4 is 22.7 Å². The van der Waals surface area contributed by atoms with Crippen LogP contribution in [0.25, 0.3) is 16.7 Å². The molecule has 182 valence electrons. The van der Waals surface area contributed by atoms with Gasteiger partial charge in [0.2, 0.25) is 0 Å². The summed E-state index contributed by atoms with van der Waals surface area (Å²) in [6.45, 7) is 7.39. The van der Waals surface area contributed by atoms with Crippen molar-refractivity contribution in [3.63, 3.8) is 0 Å². The number of pyridine rings is 1. The van der Waals surface area contributed by atoms with E-state index in [0.717, 1.165) is 16.8 Å². The number of fused-ring (bicyclic) bond motifs is 1. The van der Waals surface area contributed by atoms with Crippen LogP contribution in [0, 0.1) is 5.82 Å². The molecule has 7 nitrogen and oxygen atoms in total. The van der Waals surface area contributed by atoms with Crippen LogP contribution < -0.4 is 4.90 Å². The van der Waals surface area contributed by atoms with E-state index in [2.05, 4.69) is 9.88 Å². The second kappa shape index (κ2) is 9.66. The first-order chi connectivity index (χ1) is 16.3. The molecule has 1 aliphatic heterocycles. The van der Waals surface area contributed by atoms with Gasteiger partial charge in [0.25, 0.3) is 0 Å². The van der Waals surface area contributed by atoms with Gasteiger partial charge in [-0.3, -0.25) is 0 Å². The first kappa shape index (κ1) is 24.1. The van der Waals surface area contributed by atoms with Crippen molar-refractivity contribution in [3.05, 3.63) is 47.5 Å². The maximum Gasteiger partial charge on any atom is 0.356 e. The average molecular weight is 473 g/mol. The number of carbonyl (C=O) groups is 1. The summed E-state index contributed by atoms with van der Waals surface area (Å²) in [5, 5.41) is 5.59. The first-order valence-electron chi connectivity index (χ1n) is 11.6. The quantitative estimate of drug-likeness (QED) is 0.460. The number of anilines is 1. The predicted molar refractivity (Wildman–Crippen MR) is 126 cm³/mol. The molecule has 1 aromatic carbocycles. The summed E-state index contributed by atoms with van der Waals surface area (Å²) < 4.78 is 40.7. The molecule has 0 amide bonds. The van der Waals surface area contributed by atoms with Crippen molar-refractivity contribution < 1.29 is 23.0 Å². The van der Waals surface area contributed by atoms with E-state index in [-0.39, 0.29) is 24.0 Å². The SMILES string of the molecule is CCOCC1(F)CCN(c2cc(C(=O)OC)nc3c2c(C(C)C)nn3-c2ccc(F)cc2)CC1. The van der Waals surface area contributed by atoms with Gasteiger partial charge in [-0.1, -0.05) is 13.8 Å². The summed E-state index contributed by atoms with van der Waals surface area (Å²) in [5.74, 6) is -0.880. The topological polar surface area (TPSA) is 69.5 Å². The second-order valence-corrected chi connectivity index (χ2v) is 8.92. The second-order valence-electron chi connectivity index (χ2n) is 8.92. The lowest BCUT2D eigenvalue weighted by molar-refractivity contribution is 0.00461. The molecule has 0 spiro atoms. The molecule has 4 rings (SSSR count). The number of esters is 1. The molecule has 0 bridgehead atoms. The number of nitrogens with zero attached hydrogens (tertiary/aromatic N) is 4. The summed E-state index contributed by atoms with van der Waals surface area (Å²) in [5.41, 5.74) is 1.42. The number of methoxy groups -OCH3 is 1. The van der Waals surface area contributed by atoms with Crippen molar-refractivity contribution in [2.75, 3.05) is 38.3 Å². The molecule has 0 N–H and O–H groups in total. The van der Waals surface area contributed by atoms with Gasteiger partial charge in [0.1, 0.15) is 11.5 Å². The molecule has 0 atom stereocenters. The van der Waals surface area contributed by atoms with Gasteiger partial charge >= 0.3 is 5.97 Å². The molecule has 3 aromatic rings. The van der Waals surface area contributed by atoms with Gasteiger partial charge in [-0.15, -0.1) is 0 Å². The number of rotatable bonds is 7. The first-order valence-corrected chi connectivity index (χ1v) is 11.6. The summed E-state index contributed by atoms with van der Waals surface area (Å²) >= 11 is 0. The van der Waals surface area contributed by atoms with Crippen LogP contribution in [-0.4, -0.2) is 59.8 Å². The fourth-order valence-electron chi connectivity index (χ4n) is 4.33. The Labute approximate surface area is 197 Å². The summed E-state index contributed by atoms with van der Waals surface area (Å²) in [7, 11) is 1.30. The van der Waals surface area contributed by atoms with E-state index in [1.165, 1.54) is 19.2 Å². The normalized spacial score (nSPS) is 15.8. The molecule has 0 saturated carbocycles. The zero-order valence-corrected chi connectivity index (χ0v) is 20.0. The van der Waals surface area contributed by atoms with Crippen LogP contribution in [0.4, 0.5) is 14.5 Å². The van der Waals surface area contributed by atoms with Gasteiger partial charge in [0.15, 0.2) is 11.3 Å². The van der Waals surface area contributed by atoms with Gasteiger partial charge in [-0.05, 0) is 43.2 Å². The number of piperidine rings is 1. The lowest BCUT2D eigenvalue weighted by Gasteiger charge is -2.37. The lowest BCUT2D eigenvalue weighted by Crippen LogP contribution is -2.44. The third kappa shape index (κ3) is 4.61. The standard InChI is InChI=1S/C25H30F2N4O3/c1-5-34-15-25(27)10-12-30(13-11-25)20-14-19(24(32)33-4)28-23-21(20)22(16(2)3)29-31(23)18-8-6-17(26)7-9-18/h6-9,14,16H,5,10-13,15H2,1-4H3.